The third kappa shape index (κ3) is 10.0. The minimum absolute atomic E-state index is 0.289. The number of Topliss-reactive ketones (excluding diaryl/α,β-unsaturated/α-hetero) is 1. The molecule has 1 saturated heterocycles. The summed E-state index contributed by atoms with van der Waals surface area (Å²) in [5, 5.41) is 0. The minimum atomic E-state index is 0.289. The normalized spacial score (nSPS) is 16.8. The average molecular weight is 331 g/mol. The van der Waals surface area contributed by atoms with Crippen LogP contribution in [0, 0.1) is 5.92 Å². The van der Waals surface area contributed by atoms with Gasteiger partial charge in [0.05, 0.1) is 46.2 Å². The number of likely N-dealkylation sites (tertiary alicyclic amines) is 1. The van der Waals surface area contributed by atoms with Gasteiger partial charge in [0, 0.05) is 26.0 Å². The van der Waals surface area contributed by atoms with Crippen LogP contribution in [0.4, 0.5) is 0 Å². The van der Waals surface area contributed by atoms with Crippen molar-refractivity contribution in [2.24, 2.45) is 5.92 Å². The zero-order valence-electron chi connectivity index (χ0n) is 14.8. The summed E-state index contributed by atoms with van der Waals surface area (Å²) in [5.74, 6) is 0.709. The molecule has 0 atom stereocenters. The fraction of sp³-hybridized carbons (Fsp3) is 0.941. The number of carbonyl (C=O) groups excluding carboxylic acids is 1. The summed E-state index contributed by atoms with van der Waals surface area (Å²) in [6, 6.07) is 0. The molecular weight excluding hydrogens is 298 g/mol. The first-order valence-electron chi connectivity index (χ1n) is 8.75. The van der Waals surface area contributed by atoms with Crippen molar-refractivity contribution in [3.05, 3.63) is 0 Å². The Hall–Kier alpha value is -0.530. The second kappa shape index (κ2) is 13.9. The summed E-state index contributed by atoms with van der Waals surface area (Å²) < 4.78 is 21.2. The van der Waals surface area contributed by atoms with E-state index in [4.69, 9.17) is 18.9 Å². The summed E-state index contributed by atoms with van der Waals surface area (Å²) in [6.07, 6.45) is 2.67. The van der Waals surface area contributed by atoms with Crippen LogP contribution in [0.1, 0.15) is 26.2 Å². The van der Waals surface area contributed by atoms with Crippen molar-refractivity contribution >= 4 is 5.78 Å². The third-order valence-electron chi connectivity index (χ3n) is 4.12. The number of piperidine rings is 1. The lowest BCUT2D eigenvalue weighted by molar-refractivity contribution is -0.124. The Labute approximate surface area is 140 Å². The van der Waals surface area contributed by atoms with Gasteiger partial charge in [0.25, 0.3) is 0 Å². The van der Waals surface area contributed by atoms with E-state index in [0.717, 1.165) is 39.1 Å². The molecule has 136 valence electrons. The number of carbonyl (C=O) groups is 1. The van der Waals surface area contributed by atoms with Gasteiger partial charge in [-0.1, -0.05) is 6.92 Å². The first kappa shape index (κ1) is 20.5. The Morgan fingerprint density at radius 3 is 1.96 bits per heavy atom. The Morgan fingerprint density at radius 1 is 0.913 bits per heavy atom. The molecule has 1 aliphatic rings. The van der Waals surface area contributed by atoms with Gasteiger partial charge in [-0.05, 0) is 25.9 Å². The van der Waals surface area contributed by atoms with Gasteiger partial charge >= 0.3 is 0 Å². The SMILES string of the molecule is CCC(=O)C1CCN(CCOCCOCCOCCOC)CC1. The molecule has 1 fully saturated rings. The second-order valence-corrected chi connectivity index (χ2v) is 5.77. The fourth-order valence-corrected chi connectivity index (χ4v) is 2.65. The van der Waals surface area contributed by atoms with Crippen LogP contribution in [0.2, 0.25) is 0 Å². The van der Waals surface area contributed by atoms with Crippen molar-refractivity contribution < 1.29 is 23.7 Å². The molecular formula is C17H33NO5. The highest BCUT2D eigenvalue weighted by Gasteiger charge is 2.23. The minimum Gasteiger partial charge on any atom is -0.382 e. The van der Waals surface area contributed by atoms with E-state index in [-0.39, 0.29) is 5.92 Å². The number of methoxy groups -OCH3 is 1. The molecule has 0 aromatic rings. The molecule has 0 unspecified atom stereocenters. The molecule has 0 saturated carbocycles. The molecule has 23 heavy (non-hydrogen) atoms. The van der Waals surface area contributed by atoms with Crippen molar-refractivity contribution in [1.29, 1.82) is 0 Å². The van der Waals surface area contributed by atoms with E-state index in [1.807, 2.05) is 6.92 Å². The van der Waals surface area contributed by atoms with E-state index < -0.39 is 0 Å². The molecule has 0 amide bonds. The highest BCUT2D eigenvalue weighted by molar-refractivity contribution is 5.80. The van der Waals surface area contributed by atoms with E-state index in [2.05, 4.69) is 4.90 Å². The zero-order valence-corrected chi connectivity index (χ0v) is 14.8. The quantitative estimate of drug-likeness (QED) is 0.448. The lowest BCUT2D eigenvalue weighted by Crippen LogP contribution is -2.38. The molecule has 0 aromatic heterocycles. The van der Waals surface area contributed by atoms with Crippen LogP contribution in [-0.4, -0.2) is 83.7 Å². The van der Waals surface area contributed by atoms with Crippen LogP contribution in [0.3, 0.4) is 0 Å². The molecule has 0 bridgehead atoms. The van der Waals surface area contributed by atoms with Gasteiger partial charge in [0.1, 0.15) is 5.78 Å². The van der Waals surface area contributed by atoms with Gasteiger partial charge in [0.2, 0.25) is 0 Å². The largest absolute Gasteiger partial charge is 0.382 e. The lowest BCUT2D eigenvalue weighted by atomic mass is 9.91. The standard InChI is InChI=1S/C17H33NO5/c1-3-17(19)16-4-6-18(7-5-16)8-9-21-12-13-23-15-14-22-11-10-20-2/h16H,3-15H2,1-2H3. The fourth-order valence-electron chi connectivity index (χ4n) is 2.65. The number of ether oxygens (including phenoxy) is 4. The van der Waals surface area contributed by atoms with Crippen molar-refractivity contribution in [3.8, 4) is 0 Å². The first-order chi connectivity index (χ1) is 11.3. The molecule has 6 heteroatoms. The lowest BCUT2D eigenvalue weighted by Gasteiger charge is -2.30. The van der Waals surface area contributed by atoms with Crippen molar-refractivity contribution in [2.75, 3.05) is 73.0 Å². The Bertz CT molecular complexity index is 293. The van der Waals surface area contributed by atoms with Crippen LogP contribution in [0.5, 0.6) is 0 Å². The zero-order chi connectivity index (χ0) is 16.8. The van der Waals surface area contributed by atoms with E-state index in [9.17, 15) is 4.79 Å². The number of rotatable bonds is 14. The molecule has 0 radical (unpaired) electrons. The van der Waals surface area contributed by atoms with Crippen molar-refractivity contribution in [3.63, 3.8) is 0 Å². The number of ketones is 1. The summed E-state index contributed by atoms with van der Waals surface area (Å²) in [4.78, 5) is 14.0. The summed E-state index contributed by atoms with van der Waals surface area (Å²) >= 11 is 0. The van der Waals surface area contributed by atoms with Gasteiger partial charge in [0.15, 0.2) is 0 Å². The van der Waals surface area contributed by atoms with Gasteiger partial charge in [-0.3, -0.25) is 4.79 Å². The average Bonchev–Trinajstić information content (AvgIpc) is 2.59. The summed E-state index contributed by atoms with van der Waals surface area (Å²) in [6.45, 7) is 9.25. The topological polar surface area (TPSA) is 57.2 Å². The number of nitrogens with zero attached hydrogens (tertiary/aromatic N) is 1. The van der Waals surface area contributed by atoms with E-state index in [1.54, 1.807) is 7.11 Å². The van der Waals surface area contributed by atoms with E-state index in [1.165, 1.54) is 0 Å². The Balaban J connectivity index is 1.84. The van der Waals surface area contributed by atoms with Gasteiger partial charge in [-0.15, -0.1) is 0 Å². The van der Waals surface area contributed by atoms with Gasteiger partial charge < -0.3 is 23.8 Å². The highest BCUT2D eigenvalue weighted by Crippen LogP contribution is 2.18. The Morgan fingerprint density at radius 2 is 1.43 bits per heavy atom. The van der Waals surface area contributed by atoms with E-state index in [0.29, 0.717) is 51.8 Å². The van der Waals surface area contributed by atoms with Crippen LogP contribution < -0.4 is 0 Å². The number of hydrogen-bond acceptors (Lipinski definition) is 6. The van der Waals surface area contributed by atoms with Crippen LogP contribution in [0.15, 0.2) is 0 Å². The van der Waals surface area contributed by atoms with Crippen LogP contribution >= 0.6 is 0 Å². The monoisotopic (exact) mass is 331 g/mol. The van der Waals surface area contributed by atoms with Gasteiger partial charge in [-0.2, -0.15) is 0 Å². The van der Waals surface area contributed by atoms with Crippen LogP contribution in [0.25, 0.3) is 0 Å². The van der Waals surface area contributed by atoms with Crippen molar-refractivity contribution in [1.82, 2.24) is 4.90 Å². The molecule has 0 aromatic carbocycles. The molecule has 1 rings (SSSR count). The maximum absolute atomic E-state index is 11.7. The van der Waals surface area contributed by atoms with Crippen LogP contribution in [-0.2, 0) is 23.7 Å². The third-order valence-corrected chi connectivity index (χ3v) is 4.12. The predicted molar refractivity (Wildman–Crippen MR) is 88.8 cm³/mol. The Kier molecular flexibility index (Phi) is 12.4. The molecule has 1 heterocycles. The molecule has 0 aliphatic carbocycles. The highest BCUT2D eigenvalue weighted by atomic mass is 16.6. The number of hydrogen-bond donors (Lipinski definition) is 0. The smallest absolute Gasteiger partial charge is 0.135 e. The molecule has 0 spiro atoms. The maximum atomic E-state index is 11.7. The molecule has 0 N–H and O–H groups in total. The van der Waals surface area contributed by atoms with Crippen molar-refractivity contribution in [2.45, 2.75) is 26.2 Å². The molecule has 6 nitrogen and oxygen atoms in total. The summed E-state index contributed by atoms with van der Waals surface area (Å²) in [7, 11) is 1.66. The first-order valence-corrected chi connectivity index (χ1v) is 8.75. The molecule has 1 aliphatic heterocycles. The second-order valence-electron chi connectivity index (χ2n) is 5.77. The maximum Gasteiger partial charge on any atom is 0.135 e. The summed E-state index contributed by atoms with van der Waals surface area (Å²) in [5.41, 5.74) is 0. The predicted octanol–water partition coefficient (Wildman–Crippen LogP) is 1.37. The van der Waals surface area contributed by atoms with E-state index >= 15 is 0 Å². The van der Waals surface area contributed by atoms with Gasteiger partial charge in [-0.25, -0.2) is 0 Å².